The highest BCUT2D eigenvalue weighted by molar-refractivity contribution is 9.10. The number of benzene rings is 2. The van der Waals surface area contributed by atoms with Gasteiger partial charge in [0.1, 0.15) is 5.71 Å². The van der Waals surface area contributed by atoms with Gasteiger partial charge in [-0.3, -0.25) is 4.79 Å². The largest absolute Gasteiger partial charge is 0.404 e. The second-order valence-corrected chi connectivity index (χ2v) is 7.44. The molecule has 0 fully saturated rings. The standard InChI is InChI=1S/C18H13BrN4OS/c1-10-6-7-11(8-13(10)19)16-12(9-20)17(24)23(22-16)18-21-14-4-2-3-5-15(14)25-18/h2-9H,20H2,1H3. The first kappa shape index (κ1) is 16.0. The molecule has 2 heterocycles. The average molecular weight is 413 g/mol. The van der Waals surface area contributed by atoms with Crippen molar-refractivity contribution in [2.45, 2.75) is 6.92 Å². The zero-order valence-electron chi connectivity index (χ0n) is 13.2. The molecular weight excluding hydrogens is 400 g/mol. The van der Waals surface area contributed by atoms with Gasteiger partial charge >= 0.3 is 0 Å². The Labute approximate surface area is 156 Å². The van der Waals surface area contributed by atoms with Crippen molar-refractivity contribution in [1.82, 2.24) is 4.98 Å². The maximum Gasteiger partial charge on any atom is 0.284 e. The molecule has 1 aromatic heterocycles. The molecule has 0 aliphatic carbocycles. The van der Waals surface area contributed by atoms with E-state index in [0.717, 1.165) is 25.8 Å². The molecule has 2 N–H and O–H groups in total. The highest BCUT2D eigenvalue weighted by Gasteiger charge is 2.33. The number of carbonyl (C=O) groups is 1. The fourth-order valence-corrected chi connectivity index (χ4v) is 3.89. The number of nitrogens with zero attached hydrogens (tertiary/aromatic N) is 3. The molecule has 124 valence electrons. The van der Waals surface area contributed by atoms with Crippen LogP contribution in [0.2, 0.25) is 0 Å². The molecule has 0 spiro atoms. The van der Waals surface area contributed by atoms with Gasteiger partial charge in [-0.2, -0.15) is 10.1 Å². The van der Waals surface area contributed by atoms with Crippen LogP contribution in [0.1, 0.15) is 11.1 Å². The molecule has 3 aromatic rings. The summed E-state index contributed by atoms with van der Waals surface area (Å²) >= 11 is 4.94. The third kappa shape index (κ3) is 2.65. The number of halogens is 1. The van der Waals surface area contributed by atoms with E-state index in [9.17, 15) is 4.79 Å². The molecule has 4 rings (SSSR count). The number of aromatic nitrogens is 1. The fourth-order valence-electron chi connectivity index (χ4n) is 2.60. The molecule has 0 saturated carbocycles. The lowest BCUT2D eigenvalue weighted by atomic mass is 10.0. The fraction of sp³-hybridized carbons (Fsp3) is 0.0556. The van der Waals surface area contributed by atoms with Crippen LogP contribution in [0.15, 0.2) is 63.8 Å². The number of para-hydroxylation sites is 1. The number of hydrogen-bond donors (Lipinski definition) is 1. The third-order valence-electron chi connectivity index (χ3n) is 3.95. The van der Waals surface area contributed by atoms with Crippen molar-refractivity contribution in [2.75, 3.05) is 5.01 Å². The molecule has 1 aliphatic rings. The summed E-state index contributed by atoms with van der Waals surface area (Å²) in [6.07, 6.45) is 1.31. The van der Waals surface area contributed by atoms with Crippen molar-refractivity contribution in [2.24, 2.45) is 10.8 Å². The molecule has 0 unspecified atom stereocenters. The minimum atomic E-state index is -0.270. The molecule has 0 bridgehead atoms. The number of amides is 1. The number of fused-ring (bicyclic) bond motifs is 1. The van der Waals surface area contributed by atoms with Crippen LogP contribution in [0.5, 0.6) is 0 Å². The van der Waals surface area contributed by atoms with Crippen molar-refractivity contribution >= 4 is 54.2 Å². The van der Waals surface area contributed by atoms with Gasteiger partial charge in [-0.25, -0.2) is 4.98 Å². The van der Waals surface area contributed by atoms with E-state index in [1.807, 2.05) is 49.4 Å². The van der Waals surface area contributed by atoms with Crippen molar-refractivity contribution < 1.29 is 4.79 Å². The lowest BCUT2D eigenvalue weighted by Gasteiger charge is -2.05. The van der Waals surface area contributed by atoms with E-state index in [1.165, 1.54) is 22.5 Å². The summed E-state index contributed by atoms with van der Waals surface area (Å²) in [6, 6.07) is 13.6. The van der Waals surface area contributed by atoms with Gasteiger partial charge < -0.3 is 5.73 Å². The normalized spacial score (nSPS) is 16.1. The van der Waals surface area contributed by atoms with E-state index in [-0.39, 0.29) is 5.91 Å². The van der Waals surface area contributed by atoms with Crippen molar-refractivity contribution in [1.29, 1.82) is 0 Å². The summed E-state index contributed by atoms with van der Waals surface area (Å²) in [6.45, 7) is 2.00. The SMILES string of the molecule is Cc1ccc(C2=NN(c3nc4ccccc4s3)C(=O)C2=CN)cc1Br. The molecular formula is C18H13BrN4OS. The van der Waals surface area contributed by atoms with E-state index in [4.69, 9.17) is 5.73 Å². The van der Waals surface area contributed by atoms with E-state index in [2.05, 4.69) is 26.0 Å². The zero-order chi connectivity index (χ0) is 17.6. The zero-order valence-corrected chi connectivity index (χ0v) is 15.6. The van der Waals surface area contributed by atoms with Gasteiger partial charge in [0.05, 0.1) is 15.8 Å². The first-order valence-corrected chi connectivity index (χ1v) is 9.17. The number of hydrazone groups is 1. The quantitative estimate of drug-likeness (QED) is 0.647. The first-order valence-electron chi connectivity index (χ1n) is 7.56. The van der Waals surface area contributed by atoms with Crippen LogP contribution in [-0.2, 0) is 4.79 Å². The van der Waals surface area contributed by atoms with Crippen LogP contribution in [0, 0.1) is 6.92 Å². The molecule has 5 nitrogen and oxygen atoms in total. The summed E-state index contributed by atoms with van der Waals surface area (Å²) in [5.41, 5.74) is 9.41. The monoisotopic (exact) mass is 412 g/mol. The molecule has 0 radical (unpaired) electrons. The van der Waals surface area contributed by atoms with Crippen molar-refractivity contribution in [3.63, 3.8) is 0 Å². The van der Waals surface area contributed by atoms with Gasteiger partial charge in [0.2, 0.25) is 5.13 Å². The number of anilines is 1. The van der Waals surface area contributed by atoms with Crippen LogP contribution >= 0.6 is 27.3 Å². The summed E-state index contributed by atoms with van der Waals surface area (Å²) < 4.78 is 1.96. The van der Waals surface area contributed by atoms with Crippen molar-refractivity contribution in [3.8, 4) is 0 Å². The topological polar surface area (TPSA) is 71.6 Å². The molecule has 1 amide bonds. The van der Waals surface area contributed by atoms with Crippen LogP contribution in [0.3, 0.4) is 0 Å². The van der Waals surface area contributed by atoms with Gasteiger partial charge in [-0.15, -0.1) is 0 Å². The first-order chi connectivity index (χ1) is 12.1. The molecule has 25 heavy (non-hydrogen) atoms. The molecule has 0 saturated heterocycles. The second-order valence-electron chi connectivity index (χ2n) is 5.57. The predicted octanol–water partition coefficient (Wildman–Crippen LogP) is 3.96. The Bertz CT molecular complexity index is 1040. The van der Waals surface area contributed by atoms with Gasteiger partial charge in [0.25, 0.3) is 5.91 Å². The number of thiazole rings is 1. The van der Waals surface area contributed by atoms with Crippen LogP contribution < -0.4 is 10.7 Å². The Kier molecular flexibility index (Phi) is 3.89. The number of hydrogen-bond acceptors (Lipinski definition) is 5. The molecule has 0 atom stereocenters. The Morgan fingerprint density at radius 2 is 2.04 bits per heavy atom. The minimum Gasteiger partial charge on any atom is -0.404 e. The summed E-state index contributed by atoms with van der Waals surface area (Å²) in [5, 5.41) is 6.37. The van der Waals surface area contributed by atoms with Crippen LogP contribution in [0.4, 0.5) is 5.13 Å². The Hall–Kier alpha value is -2.51. The number of aryl methyl sites for hydroxylation is 1. The molecule has 1 aliphatic heterocycles. The van der Waals surface area contributed by atoms with Crippen LogP contribution in [0.25, 0.3) is 10.2 Å². The van der Waals surface area contributed by atoms with E-state index in [0.29, 0.717) is 16.4 Å². The second kappa shape index (κ2) is 6.09. The van der Waals surface area contributed by atoms with Gasteiger partial charge in [0.15, 0.2) is 0 Å². The third-order valence-corrected chi connectivity index (χ3v) is 5.82. The summed E-state index contributed by atoms with van der Waals surface area (Å²) in [7, 11) is 0. The average Bonchev–Trinajstić information content (AvgIpc) is 3.17. The highest BCUT2D eigenvalue weighted by Crippen LogP contribution is 2.33. The van der Waals surface area contributed by atoms with E-state index < -0.39 is 0 Å². The van der Waals surface area contributed by atoms with E-state index >= 15 is 0 Å². The van der Waals surface area contributed by atoms with Gasteiger partial charge in [0, 0.05) is 16.2 Å². The number of nitrogens with two attached hydrogens (primary N) is 1. The Morgan fingerprint density at radius 1 is 1.24 bits per heavy atom. The molecule has 2 aromatic carbocycles. The summed E-state index contributed by atoms with van der Waals surface area (Å²) in [5.74, 6) is -0.270. The smallest absolute Gasteiger partial charge is 0.284 e. The molecule has 7 heteroatoms. The van der Waals surface area contributed by atoms with Crippen molar-refractivity contribution in [3.05, 3.63) is 69.8 Å². The lowest BCUT2D eigenvalue weighted by Crippen LogP contribution is -2.21. The van der Waals surface area contributed by atoms with Crippen LogP contribution in [-0.4, -0.2) is 16.6 Å². The lowest BCUT2D eigenvalue weighted by molar-refractivity contribution is -0.114. The minimum absolute atomic E-state index is 0.270. The summed E-state index contributed by atoms with van der Waals surface area (Å²) in [4.78, 5) is 17.3. The number of carbonyl (C=O) groups excluding carboxylic acids is 1. The number of rotatable bonds is 2. The maximum absolute atomic E-state index is 12.8. The Balaban J connectivity index is 1.82. The van der Waals surface area contributed by atoms with Gasteiger partial charge in [-0.1, -0.05) is 51.5 Å². The maximum atomic E-state index is 12.8. The Morgan fingerprint density at radius 3 is 2.76 bits per heavy atom. The predicted molar refractivity (Wildman–Crippen MR) is 105 cm³/mol. The highest BCUT2D eigenvalue weighted by atomic mass is 79.9. The van der Waals surface area contributed by atoms with E-state index in [1.54, 1.807) is 0 Å². The van der Waals surface area contributed by atoms with Gasteiger partial charge in [-0.05, 0) is 30.7 Å².